The molecule has 8 nitrogen and oxygen atoms in total. The summed E-state index contributed by atoms with van der Waals surface area (Å²) in [6.07, 6.45) is -1.44. The van der Waals surface area contributed by atoms with Crippen molar-refractivity contribution >= 4 is 23.9 Å². The average Bonchev–Trinajstić information content (AvgIpc) is 2.93. The first-order valence-electron chi connectivity index (χ1n) is 10.3. The molecular formula is C23H31NO7. The smallest absolute Gasteiger partial charge is 0.415 e. The molecule has 1 aliphatic rings. The Morgan fingerprint density at radius 1 is 1.10 bits per heavy atom. The van der Waals surface area contributed by atoms with Gasteiger partial charge in [-0.25, -0.2) is 14.5 Å². The molecule has 1 aromatic carbocycles. The zero-order valence-corrected chi connectivity index (χ0v) is 18.7. The third kappa shape index (κ3) is 5.06. The molecular weight excluding hydrogens is 402 g/mol. The molecule has 8 heteroatoms. The summed E-state index contributed by atoms with van der Waals surface area (Å²) in [5.74, 6) is -4.03. The molecule has 170 valence electrons. The lowest BCUT2D eigenvalue weighted by molar-refractivity contribution is -0.160. The van der Waals surface area contributed by atoms with Crippen LogP contribution in [0.15, 0.2) is 30.3 Å². The average molecular weight is 434 g/mol. The Hall–Kier alpha value is -2.90. The second-order valence-corrected chi connectivity index (χ2v) is 9.68. The number of carboxylic acids is 1. The molecule has 0 radical (unpaired) electrons. The topological polar surface area (TPSA) is 121 Å². The quantitative estimate of drug-likeness (QED) is 0.628. The van der Waals surface area contributed by atoms with Gasteiger partial charge in [0.05, 0.1) is 12.3 Å². The molecule has 0 spiro atoms. The number of carboxylic acid groups (broad SMARTS) is 2. The summed E-state index contributed by atoms with van der Waals surface area (Å²) in [6.45, 7) is 8.35. The van der Waals surface area contributed by atoms with Crippen molar-refractivity contribution in [2.45, 2.75) is 71.4 Å². The Labute approximate surface area is 182 Å². The number of benzene rings is 1. The van der Waals surface area contributed by atoms with Gasteiger partial charge in [-0.1, -0.05) is 44.2 Å². The van der Waals surface area contributed by atoms with Gasteiger partial charge in [-0.05, 0) is 51.0 Å². The number of likely N-dealkylation sites (tertiary alicyclic amines) is 1. The second-order valence-electron chi connectivity index (χ2n) is 9.68. The van der Waals surface area contributed by atoms with E-state index >= 15 is 0 Å². The summed E-state index contributed by atoms with van der Waals surface area (Å²) in [5, 5.41) is 20.0. The molecule has 2 rings (SSSR count). The molecule has 2 N–H and O–H groups in total. The number of esters is 1. The standard InChI is InChI=1S/C23H31NO7/c1-21(2,3)31-17(25)13-16-14-23(19(27)28,24(18(16)26)20(29)30)22(4,5)12-11-15-9-7-6-8-10-15/h6-10,16H,11-14H2,1-5H3,(H,27,28)(H,29,30)/t16-,23-/m1/s1. The van der Waals surface area contributed by atoms with Crippen LogP contribution in [0.2, 0.25) is 0 Å². The number of imide groups is 1. The van der Waals surface area contributed by atoms with E-state index in [4.69, 9.17) is 4.74 Å². The van der Waals surface area contributed by atoms with Gasteiger partial charge in [0, 0.05) is 0 Å². The lowest BCUT2D eigenvalue weighted by atomic mass is 9.66. The molecule has 0 bridgehead atoms. The van der Waals surface area contributed by atoms with Crippen molar-refractivity contribution in [3.05, 3.63) is 35.9 Å². The van der Waals surface area contributed by atoms with Gasteiger partial charge in [-0.2, -0.15) is 0 Å². The van der Waals surface area contributed by atoms with E-state index in [1.807, 2.05) is 30.3 Å². The molecule has 1 aliphatic heterocycles. The van der Waals surface area contributed by atoms with Crippen molar-refractivity contribution in [1.29, 1.82) is 0 Å². The lowest BCUT2D eigenvalue weighted by Gasteiger charge is -2.44. The molecule has 0 saturated carbocycles. The van der Waals surface area contributed by atoms with E-state index in [1.54, 1.807) is 34.6 Å². The zero-order valence-electron chi connectivity index (χ0n) is 18.7. The maximum Gasteiger partial charge on any atom is 0.415 e. The fourth-order valence-electron chi connectivity index (χ4n) is 4.27. The number of nitrogens with zero attached hydrogens (tertiary/aromatic N) is 1. The monoisotopic (exact) mass is 433 g/mol. The minimum Gasteiger partial charge on any atom is -0.479 e. The molecule has 0 unspecified atom stereocenters. The maximum atomic E-state index is 13.0. The van der Waals surface area contributed by atoms with Crippen LogP contribution in [0.5, 0.6) is 0 Å². The summed E-state index contributed by atoms with van der Waals surface area (Å²) in [4.78, 5) is 50.2. The molecule has 1 aromatic rings. The highest BCUT2D eigenvalue weighted by atomic mass is 16.6. The normalized spacial score (nSPS) is 21.8. The molecule has 1 fully saturated rings. The number of hydrogen-bond acceptors (Lipinski definition) is 5. The largest absolute Gasteiger partial charge is 0.479 e. The Kier molecular flexibility index (Phi) is 6.83. The first-order chi connectivity index (χ1) is 14.2. The van der Waals surface area contributed by atoms with Crippen LogP contribution >= 0.6 is 0 Å². The summed E-state index contributed by atoms with van der Waals surface area (Å²) in [7, 11) is 0. The first kappa shape index (κ1) is 24.4. The van der Waals surface area contributed by atoms with Gasteiger partial charge in [0.1, 0.15) is 5.60 Å². The van der Waals surface area contributed by atoms with Crippen LogP contribution in [-0.4, -0.2) is 50.2 Å². The number of aliphatic carboxylic acids is 1. The fraction of sp³-hybridized carbons (Fsp3) is 0.565. The second kappa shape index (κ2) is 8.69. The molecule has 2 atom stereocenters. The number of carbonyl (C=O) groups is 4. The van der Waals surface area contributed by atoms with Crippen LogP contribution < -0.4 is 0 Å². The molecule has 0 aromatic heterocycles. The Morgan fingerprint density at radius 3 is 2.16 bits per heavy atom. The zero-order chi connectivity index (χ0) is 23.6. The van der Waals surface area contributed by atoms with Gasteiger partial charge in [-0.3, -0.25) is 9.59 Å². The van der Waals surface area contributed by atoms with Crippen molar-refractivity contribution in [3.63, 3.8) is 0 Å². The van der Waals surface area contributed by atoms with E-state index in [2.05, 4.69) is 0 Å². The van der Waals surface area contributed by atoms with E-state index in [9.17, 15) is 29.4 Å². The molecule has 31 heavy (non-hydrogen) atoms. The summed E-state index contributed by atoms with van der Waals surface area (Å²) in [5.41, 5.74) is -2.88. The third-order valence-electron chi connectivity index (χ3n) is 5.87. The summed E-state index contributed by atoms with van der Waals surface area (Å²) >= 11 is 0. The van der Waals surface area contributed by atoms with Crippen molar-refractivity contribution in [3.8, 4) is 0 Å². The Morgan fingerprint density at radius 2 is 1.68 bits per heavy atom. The van der Waals surface area contributed by atoms with Gasteiger partial charge < -0.3 is 14.9 Å². The number of hydrogen-bond donors (Lipinski definition) is 2. The fourth-order valence-corrected chi connectivity index (χ4v) is 4.27. The van der Waals surface area contributed by atoms with E-state index in [-0.39, 0.29) is 12.8 Å². The van der Waals surface area contributed by atoms with Crippen LogP contribution in [0.1, 0.15) is 59.4 Å². The van der Waals surface area contributed by atoms with Crippen LogP contribution in [0.4, 0.5) is 4.79 Å². The minimum atomic E-state index is -1.99. The van der Waals surface area contributed by atoms with Gasteiger partial charge in [-0.15, -0.1) is 0 Å². The molecule has 1 saturated heterocycles. The maximum absolute atomic E-state index is 13.0. The number of ether oxygens (including phenoxy) is 1. The molecule has 2 amide bonds. The van der Waals surface area contributed by atoms with Gasteiger partial charge in [0.25, 0.3) is 0 Å². The summed E-state index contributed by atoms with van der Waals surface area (Å²) < 4.78 is 5.26. The van der Waals surface area contributed by atoms with Crippen molar-refractivity contribution < 1.29 is 34.1 Å². The van der Waals surface area contributed by atoms with Crippen LogP contribution in [0.3, 0.4) is 0 Å². The Balaban J connectivity index is 2.37. The van der Waals surface area contributed by atoms with E-state index in [0.29, 0.717) is 17.7 Å². The predicted octanol–water partition coefficient (Wildman–Crippen LogP) is 3.73. The van der Waals surface area contributed by atoms with Gasteiger partial charge in [0.2, 0.25) is 5.91 Å². The van der Waals surface area contributed by atoms with Gasteiger partial charge in [0.15, 0.2) is 5.54 Å². The number of amides is 2. The van der Waals surface area contributed by atoms with Crippen LogP contribution in [0, 0.1) is 11.3 Å². The van der Waals surface area contributed by atoms with Crippen LogP contribution in [0.25, 0.3) is 0 Å². The highest BCUT2D eigenvalue weighted by Gasteiger charge is 2.65. The van der Waals surface area contributed by atoms with E-state index < -0.39 is 46.4 Å². The number of rotatable bonds is 7. The Bertz CT molecular complexity index is 856. The van der Waals surface area contributed by atoms with Crippen LogP contribution in [-0.2, 0) is 25.5 Å². The lowest BCUT2D eigenvalue weighted by Crippen LogP contribution is -2.62. The highest BCUT2D eigenvalue weighted by Crippen LogP contribution is 2.50. The van der Waals surface area contributed by atoms with Gasteiger partial charge >= 0.3 is 18.0 Å². The van der Waals surface area contributed by atoms with E-state index in [0.717, 1.165) is 5.56 Å². The number of aryl methyl sites for hydroxylation is 1. The SMILES string of the molecule is CC(C)(C)OC(=O)C[C@@H]1C[C@@](C(=O)O)(C(C)(C)CCc2ccccc2)N(C(=O)O)C1=O. The van der Waals surface area contributed by atoms with Crippen molar-refractivity contribution in [2.75, 3.05) is 0 Å². The van der Waals surface area contributed by atoms with Crippen molar-refractivity contribution in [1.82, 2.24) is 4.90 Å². The first-order valence-corrected chi connectivity index (χ1v) is 10.3. The number of carbonyl (C=O) groups excluding carboxylic acids is 2. The van der Waals surface area contributed by atoms with E-state index in [1.165, 1.54) is 0 Å². The highest BCUT2D eigenvalue weighted by molar-refractivity contribution is 6.03. The predicted molar refractivity (Wildman–Crippen MR) is 112 cm³/mol. The minimum absolute atomic E-state index is 0.283. The summed E-state index contributed by atoms with van der Waals surface area (Å²) in [6, 6.07) is 9.42. The molecule has 1 heterocycles. The molecule has 0 aliphatic carbocycles. The third-order valence-corrected chi connectivity index (χ3v) is 5.87. The van der Waals surface area contributed by atoms with Crippen molar-refractivity contribution in [2.24, 2.45) is 11.3 Å².